The van der Waals surface area contributed by atoms with Crippen molar-refractivity contribution in [3.8, 4) is 5.75 Å². The zero-order chi connectivity index (χ0) is 29.9. The van der Waals surface area contributed by atoms with Crippen LogP contribution in [0.4, 0.5) is 10.6 Å². The number of rotatable bonds is 9. The van der Waals surface area contributed by atoms with Gasteiger partial charge < -0.3 is 29.4 Å². The summed E-state index contributed by atoms with van der Waals surface area (Å²) in [6.07, 6.45) is 3.47. The van der Waals surface area contributed by atoms with Gasteiger partial charge in [0.1, 0.15) is 42.6 Å². The molecule has 2 aliphatic rings. The maximum atomic E-state index is 12.2. The summed E-state index contributed by atoms with van der Waals surface area (Å²) >= 11 is 0. The maximum Gasteiger partial charge on any atom is 0.339 e. The van der Waals surface area contributed by atoms with Crippen molar-refractivity contribution in [3.63, 3.8) is 0 Å². The molecule has 2 amide bonds. The van der Waals surface area contributed by atoms with Crippen LogP contribution in [0.5, 0.6) is 5.75 Å². The van der Waals surface area contributed by atoms with Gasteiger partial charge in [-0.2, -0.15) is 0 Å². The normalized spacial score (nSPS) is 23.0. The number of imidazole rings is 1. The second-order valence-electron chi connectivity index (χ2n) is 10.0. The van der Waals surface area contributed by atoms with Crippen molar-refractivity contribution in [3.05, 3.63) is 84.0 Å². The Hall–Kier alpha value is -4.85. The number of fused-ring (bicyclic) bond motifs is 2. The molecule has 6 rings (SSSR count). The van der Waals surface area contributed by atoms with Gasteiger partial charge in [-0.3, -0.25) is 9.88 Å². The third kappa shape index (κ3) is 5.78. The minimum atomic E-state index is -1.09. The maximum absolute atomic E-state index is 12.2. The van der Waals surface area contributed by atoms with E-state index < -0.39 is 42.8 Å². The van der Waals surface area contributed by atoms with Gasteiger partial charge in [-0.25, -0.2) is 24.5 Å². The summed E-state index contributed by atoms with van der Waals surface area (Å²) in [7, 11) is 0. The summed E-state index contributed by atoms with van der Waals surface area (Å²) in [5, 5.41) is 15.0. The number of nitrogens with zero attached hydrogens (tertiary/aromatic N) is 4. The number of urea groups is 1. The number of carboxylic acid groups (broad SMARTS) is 1. The van der Waals surface area contributed by atoms with Crippen LogP contribution in [0.3, 0.4) is 0 Å². The molecule has 0 radical (unpaired) electrons. The van der Waals surface area contributed by atoms with Crippen molar-refractivity contribution in [2.24, 2.45) is 0 Å². The number of amides is 2. The number of hydrogen-bond donors (Lipinski definition) is 3. The second-order valence-corrected chi connectivity index (χ2v) is 10.0. The molecule has 2 aromatic carbocycles. The minimum Gasteiger partial charge on any atom is -0.490 e. The molecular formula is C30H30N6O7. The summed E-state index contributed by atoms with van der Waals surface area (Å²) in [4.78, 5) is 37.0. The van der Waals surface area contributed by atoms with Gasteiger partial charge in [-0.05, 0) is 37.1 Å². The highest BCUT2D eigenvalue weighted by Gasteiger charge is 2.53. The Morgan fingerprint density at radius 1 is 1.05 bits per heavy atom. The molecule has 0 spiro atoms. The number of carbonyl (C=O) groups excluding carboxylic acids is 1. The molecule has 222 valence electrons. The first kappa shape index (κ1) is 28.3. The Morgan fingerprint density at radius 2 is 1.86 bits per heavy atom. The molecule has 2 fully saturated rings. The summed E-state index contributed by atoms with van der Waals surface area (Å²) in [5.74, 6) is -0.577. The zero-order valence-corrected chi connectivity index (χ0v) is 23.4. The molecule has 4 aromatic rings. The van der Waals surface area contributed by atoms with Gasteiger partial charge in [0.2, 0.25) is 0 Å². The fourth-order valence-corrected chi connectivity index (χ4v) is 5.18. The Labute approximate surface area is 246 Å². The molecule has 4 heterocycles. The molecule has 2 aliphatic heterocycles. The van der Waals surface area contributed by atoms with E-state index in [0.717, 1.165) is 5.56 Å². The molecule has 2 saturated heterocycles. The SMILES string of the molecule is CCNC(=O)Nc1ncnc2c1ncn2C1OC(COc2c(C)cccc2C(=O)O)C2O[C@H](/C=C/c3ccccc3)OC21. The van der Waals surface area contributed by atoms with Crippen molar-refractivity contribution in [2.45, 2.75) is 44.7 Å². The van der Waals surface area contributed by atoms with E-state index in [9.17, 15) is 14.7 Å². The van der Waals surface area contributed by atoms with Gasteiger partial charge in [0.05, 0.1) is 6.33 Å². The van der Waals surface area contributed by atoms with Crippen LogP contribution in [-0.2, 0) is 14.2 Å². The fraction of sp³-hybridized carbons (Fsp3) is 0.300. The Kier molecular flexibility index (Phi) is 8.01. The number of para-hydroxylation sites is 1. The molecule has 0 aliphatic carbocycles. The fourth-order valence-electron chi connectivity index (χ4n) is 5.18. The minimum absolute atomic E-state index is 0.00683. The van der Waals surface area contributed by atoms with Gasteiger partial charge >= 0.3 is 12.0 Å². The molecule has 13 heteroatoms. The predicted molar refractivity (Wildman–Crippen MR) is 155 cm³/mol. The Balaban J connectivity index is 1.29. The van der Waals surface area contributed by atoms with Crippen LogP contribution in [0.2, 0.25) is 0 Å². The molecule has 43 heavy (non-hydrogen) atoms. The lowest BCUT2D eigenvalue weighted by atomic mass is 10.1. The van der Waals surface area contributed by atoms with Crippen LogP contribution in [0.25, 0.3) is 17.2 Å². The number of carbonyl (C=O) groups is 2. The monoisotopic (exact) mass is 586 g/mol. The summed E-state index contributed by atoms with van der Waals surface area (Å²) in [5.41, 5.74) is 2.53. The number of aromatic nitrogens is 4. The molecule has 13 nitrogen and oxygen atoms in total. The lowest BCUT2D eigenvalue weighted by molar-refractivity contribution is -0.131. The predicted octanol–water partition coefficient (Wildman–Crippen LogP) is 3.77. The van der Waals surface area contributed by atoms with Crippen molar-refractivity contribution in [1.29, 1.82) is 0 Å². The van der Waals surface area contributed by atoms with Crippen LogP contribution >= 0.6 is 0 Å². The van der Waals surface area contributed by atoms with Crippen molar-refractivity contribution >= 4 is 35.1 Å². The average Bonchev–Trinajstić information content (AvgIpc) is 3.70. The molecule has 4 unspecified atom stereocenters. The molecular weight excluding hydrogens is 556 g/mol. The van der Waals surface area contributed by atoms with Gasteiger partial charge in [0, 0.05) is 6.54 Å². The molecule has 0 bridgehead atoms. The number of aromatic carboxylic acids is 1. The van der Waals surface area contributed by atoms with Crippen LogP contribution in [0.15, 0.2) is 67.3 Å². The first-order chi connectivity index (χ1) is 20.9. The molecule has 3 N–H and O–H groups in total. The number of aryl methyl sites for hydroxylation is 1. The Morgan fingerprint density at radius 3 is 2.65 bits per heavy atom. The zero-order valence-electron chi connectivity index (χ0n) is 23.4. The first-order valence-corrected chi connectivity index (χ1v) is 13.8. The van der Waals surface area contributed by atoms with E-state index in [0.29, 0.717) is 23.3 Å². The van der Waals surface area contributed by atoms with E-state index in [1.54, 1.807) is 30.0 Å². The quantitative estimate of drug-likeness (QED) is 0.263. The highest BCUT2D eigenvalue weighted by molar-refractivity contribution is 5.95. The van der Waals surface area contributed by atoms with Crippen molar-refractivity contribution < 1.29 is 33.6 Å². The number of benzene rings is 2. The summed E-state index contributed by atoms with van der Waals surface area (Å²) in [6, 6.07) is 14.3. The molecule has 2 aromatic heterocycles. The van der Waals surface area contributed by atoms with Gasteiger partial charge in [0.15, 0.2) is 29.5 Å². The van der Waals surface area contributed by atoms with Crippen LogP contribution in [0.1, 0.15) is 34.6 Å². The average molecular weight is 587 g/mol. The molecule has 5 atom stereocenters. The summed E-state index contributed by atoms with van der Waals surface area (Å²) in [6.45, 7) is 4.05. The van der Waals surface area contributed by atoms with E-state index in [2.05, 4.69) is 25.6 Å². The second kappa shape index (κ2) is 12.2. The van der Waals surface area contributed by atoms with Crippen LogP contribution in [0, 0.1) is 6.92 Å². The van der Waals surface area contributed by atoms with E-state index >= 15 is 0 Å². The number of carboxylic acids is 1. The number of anilines is 1. The highest BCUT2D eigenvalue weighted by atomic mass is 16.8. The highest BCUT2D eigenvalue weighted by Crippen LogP contribution is 2.41. The third-order valence-electron chi connectivity index (χ3n) is 7.15. The van der Waals surface area contributed by atoms with E-state index in [4.69, 9.17) is 18.9 Å². The lowest BCUT2D eigenvalue weighted by Crippen LogP contribution is -2.33. The number of ether oxygens (including phenoxy) is 4. The van der Waals surface area contributed by atoms with E-state index in [1.165, 1.54) is 12.4 Å². The van der Waals surface area contributed by atoms with Crippen molar-refractivity contribution in [2.75, 3.05) is 18.5 Å². The van der Waals surface area contributed by atoms with Gasteiger partial charge in [-0.1, -0.05) is 48.5 Å². The van der Waals surface area contributed by atoms with Gasteiger partial charge in [0.25, 0.3) is 0 Å². The van der Waals surface area contributed by atoms with Crippen molar-refractivity contribution in [1.82, 2.24) is 24.8 Å². The van der Waals surface area contributed by atoms with E-state index in [-0.39, 0.29) is 23.7 Å². The van der Waals surface area contributed by atoms with Crippen LogP contribution in [-0.4, -0.2) is 74.4 Å². The lowest BCUT2D eigenvalue weighted by Gasteiger charge is -2.21. The largest absolute Gasteiger partial charge is 0.490 e. The number of hydrogen-bond acceptors (Lipinski definition) is 9. The Bertz CT molecular complexity index is 1660. The summed E-state index contributed by atoms with van der Waals surface area (Å²) < 4.78 is 26.8. The van der Waals surface area contributed by atoms with E-state index in [1.807, 2.05) is 49.4 Å². The third-order valence-corrected chi connectivity index (χ3v) is 7.15. The first-order valence-electron chi connectivity index (χ1n) is 13.8. The number of nitrogens with one attached hydrogen (secondary N) is 2. The standard InChI is InChI=1S/C30H30N6O7/c1-3-31-30(39)35-26-22-27(33-15-32-26)36(16-34-22)28-25-24(42-21(43-25)13-12-18-9-5-4-6-10-18)20(41-28)14-40-23-17(2)8-7-11-19(23)29(37)38/h4-13,15-16,20-21,24-25,28H,3,14H2,1-2H3,(H,37,38)(H2,31,32,33,35,39)/b13-12+/t20?,21-,24?,25?,28?/m0/s1. The topological polar surface area (TPSA) is 159 Å². The smallest absolute Gasteiger partial charge is 0.339 e. The van der Waals surface area contributed by atoms with Gasteiger partial charge in [-0.15, -0.1) is 0 Å². The molecule has 0 saturated carbocycles. The van der Waals surface area contributed by atoms with Crippen LogP contribution < -0.4 is 15.4 Å².